The lowest BCUT2D eigenvalue weighted by atomic mass is 10.1. The summed E-state index contributed by atoms with van der Waals surface area (Å²) >= 11 is 0. The molecule has 5 nitrogen and oxygen atoms in total. The summed E-state index contributed by atoms with van der Waals surface area (Å²) in [7, 11) is 0. The Hall–Kier alpha value is -3.34. The van der Waals surface area contributed by atoms with Crippen LogP contribution in [0.15, 0.2) is 66.7 Å². The maximum atomic E-state index is 10.6. The minimum absolute atomic E-state index is 0.00407. The van der Waals surface area contributed by atoms with Gasteiger partial charge in [0, 0.05) is 23.3 Å². The second-order valence-electron chi connectivity index (χ2n) is 4.65. The summed E-state index contributed by atoms with van der Waals surface area (Å²) in [6, 6.07) is 19.0. The fraction of sp³-hybridized carbons (Fsp3) is 0. The molecular formula is C18H13NO4. The number of nitro groups is 1. The largest absolute Gasteiger partial charge is 0.298 e. The van der Waals surface area contributed by atoms with Crippen molar-refractivity contribution in [1.29, 1.82) is 0 Å². The van der Waals surface area contributed by atoms with Gasteiger partial charge in [0.05, 0.1) is 4.92 Å². The van der Waals surface area contributed by atoms with E-state index >= 15 is 0 Å². The summed E-state index contributed by atoms with van der Waals surface area (Å²) in [5, 5.41) is 12.3. The van der Waals surface area contributed by atoms with E-state index in [-0.39, 0.29) is 5.69 Å². The molecule has 3 aromatic rings. The standard InChI is InChI=1S/C11H8O.C7H5NO3/c12-8-10-6-3-5-9-4-1-2-7-11(9)10;9-5-6-1-3-7(4-2-6)8(10)11/h1-8H;1-5H. The number of benzene rings is 3. The van der Waals surface area contributed by atoms with Crippen molar-refractivity contribution in [3.05, 3.63) is 88.0 Å². The number of hydrogen-bond acceptors (Lipinski definition) is 4. The van der Waals surface area contributed by atoms with E-state index in [9.17, 15) is 19.7 Å². The third kappa shape index (κ3) is 4.07. The minimum atomic E-state index is -0.505. The molecule has 0 fully saturated rings. The monoisotopic (exact) mass is 307 g/mol. The van der Waals surface area contributed by atoms with E-state index in [1.54, 1.807) is 0 Å². The molecule has 114 valence electrons. The lowest BCUT2D eigenvalue weighted by molar-refractivity contribution is -0.384. The summed E-state index contributed by atoms with van der Waals surface area (Å²) in [6.07, 6.45) is 1.53. The fourth-order valence-corrected chi connectivity index (χ4v) is 2.03. The van der Waals surface area contributed by atoms with Gasteiger partial charge in [-0.25, -0.2) is 0 Å². The Kier molecular flexibility index (Phi) is 5.30. The molecule has 3 rings (SSSR count). The Balaban J connectivity index is 0.000000168. The molecule has 0 bridgehead atoms. The number of aldehydes is 2. The van der Waals surface area contributed by atoms with Gasteiger partial charge in [0.15, 0.2) is 6.29 Å². The van der Waals surface area contributed by atoms with Crippen LogP contribution in [0.1, 0.15) is 20.7 Å². The molecule has 0 heterocycles. The molecule has 0 aliphatic rings. The molecular weight excluding hydrogens is 294 g/mol. The van der Waals surface area contributed by atoms with Crippen molar-refractivity contribution in [3.8, 4) is 0 Å². The summed E-state index contributed by atoms with van der Waals surface area (Å²) in [5.74, 6) is 0. The average Bonchev–Trinajstić information content (AvgIpc) is 2.61. The van der Waals surface area contributed by atoms with Crippen LogP contribution in [0.25, 0.3) is 10.8 Å². The van der Waals surface area contributed by atoms with Crippen molar-refractivity contribution in [2.24, 2.45) is 0 Å². The Bertz CT molecular complexity index is 836. The van der Waals surface area contributed by atoms with Gasteiger partial charge in [-0.3, -0.25) is 19.7 Å². The Morgan fingerprint density at radius 1 is 0.783 bits per heavy atom. The van der Waals surface area contributed by atoms with Crippen LogP contribution < -0.4 is 0 Å². The number of nitro benzene ring substituents is 1. The van der Waals surface area contributed by atoms with Gasteiger partial charge in [0.2, 0.25) is 0 Å². The zero-order valence-electron chi connectivity index (χ0n) is 12.1. The highest BCUT2D eigenvalue weighted by molar-refractivity contribution is 5.97. The fourth-order valence-electron chi connectivity index (χ4n) is 2.03. The molecule has 0 aliphatic heterocycles. The lowest BCUT2D eigenvalue weighted by Gasteiger charge is -1.98. The van der Waals surface area contributed by atoms with Crippen LogP contribution >= 0.6 is 0 Å². The molecule has 3 aromatic carbocycles. The number of carbonyl (C=O) groups is 2. The number of fused-ring (bicyclic) bond motifs is 1. The average molecular weight is 307 g/mol. The number of non-ortho nitro benzene ring substituents is 1. The SMILES string of the molecule is O=Cc1ccc([N+](=O)[O-])cc1.O=Cc1cccc2ccccc12. The van der Waals surface area contributed by atoms with Crippen LogP contribution in [0.2, 0.25) is 0 Å². The van der Waals surface area contributed by atoms with E-state index in [1.165, 1.54) is 24.3 Å². The predicted molar refractivity (Wildman–Crippen MR) is 87.8 cm³/mol. The third-order valence-corrected chi connectivity index (χ3v) is 3.19. The molecule has 0 saturated heterocycles. The van der Waals surface area contributed by atoms with E-state index in [1.807, 2.05) is 42.5 Å². The molecule has 0 aliphatic carbocycles. The van der Waals surface area contributed by atoms with Crippen LogP contribution in [-0.4, -0.2) is 17.5 Å². The summed E-state index contributed by atoms with van der Waals surface area (Å²) in [5.41, 5.74) is 1.19. The quantitative estimate of drug-likeness (QED) is 0.415. The Labute approximate surface area is 132 Å². The van der Waals surface area contributed by atoms with Crippen LogP contribution in [0.5, 0.6) is 0 Å². The first-order chi connectivity index (χ1) is 11.2. The summed E-state index contributed by atoms with van der Waals surface area (Å²) in [4.78, 5) is 30.4. The lowest BCUT2D eigenvalue weighted by Crippen LogP contribution is -1.87. The second kappa shape index (κ2) is 7.61. The van der Waals surface area contributed by atoms with E-state index in [0.29, 0.717) is 11.8 Å². The Morgan fingerprint density at radius 2 is 1.43 bits per heavy atom. The van der Waals surface area contributed by atoms with E-state index in [4.69, 9.17) is 0 Å². The first kappa shape index (κ1) is 16.0. The van der Waals surface area contributed by atoms with Crippen molar-refractivity contribution in [2.75, 3.05) is 0 Å². The van der Waals surface area contributed by atoms with Crippen LogP contribution in [0.3, 0.4) is 0 Å². The van der Waals surface area contributed by atoms with E-state index in [2.05, 4.69) is 0 Å². The zero-order chi connectivity index (χ0) is 16.7. The van der Waals surface area contributed by atoms with Crippen molar-refractivity contribution < 1.29 is 14.5 Å². The first-order valence-corrected chi connectivity index (χ1v) is 6.78. The van der Waals surface area contributed by atoms with Crippen molar-refractivity contribution >= 4 is 29.0 Å². The third-order valence-electron chi connectivity index (χ3n) is 3.19. The first-order valence-electron chi connectivity index (χ1n) is 6.78. The number of carbonyl (C=O) groups excluding carboxylic acids is 2. The van der Waals surface area contributed by atoms with Crippen molar-refractivity contribution in [1.82, 2.24) is 0 Å². The maximum Gasteiger partial charge on any atom is 0.269 e. The van der Waals surface area contributed by atoms with Crippen LogP contribution in [0.4, 0.5) is 5.69 Å². The topological polar surface area (TPSA) is 77.3 Å². The highest BCUT2D eigenvalue weighted by Crippen LogP contribution is 2.16. The maximum absolute atomic E-state index is 10.6. The zero-order valence-corrected chi connectivity index (χ0v) is 12.1. The van der Waals surface area contributed by atoms with Crippen molar-refractivity contribution in [3.63, 3.8) is 0 Å². The molecule has 23 heavy (non-hydrogen) atoms. The van der Waals surface area contributed by atoms with Gasteiger partial charge >= 0.3 is 0 Å². The number of nitrogens with zero attached hydrogens (tertiary/aromatic N) is 1. The molecule has 0 amide bonds. The normalized spacial score (nSPS) is 9.57. The highest BCUT2D eigenvalue weighted by atomic mass is 16.6. The van der Waals surface area contributed by atoms with Gasteiger partial charge in [-0.1, -0.05) is 42.5 Å². The molecule has 0 saturated carbocycles. The summed E-state index contributed by atoms with van der Waals surface area (Å²) < 4.78 is 0. The number of hydrogen-bond donors (Lipinski definition) is 0. The number of rotatable bonds is 3. The highest BCUT2D eigenvalue weighted by Gasteiger charge is 2.02. The van der Waals surface area contributed by atoms with Gasteiger partial charge < -0.3 is 0 Å². The minimum Gasteiger partial charge on any atom is -0.298 e. The molecule has 0 atom stereocenters. The van der Waals surface area contributed by atoms with E-state index in [0.717, 1.165) is 22.6 Å². The van der Waals surface area contributed by atoms with Gasteiger partial charge in [-0.05, 0) is 22.9 Å². The second-order valence-corrected chi connectivity index (χ2v) is 4.65. The van der Waals surface area contributed by atoms with Gasteiger partial charge in [-0.15, -0.1) is 0 Å². The molecule has 0 radical (unpaired) electrons. The molecule has 0 spiro atoms. The smallest absolute Gasteiger partial charge is 0.269 e. The van der Waals surface area contributed by atoms with Crippen LogP contribution in [-0.2, 0) is 0 Å². The van der Waals surface area contributed by atoms with Gasteiger partial charge in [-0.2, -0.15) is 0 Å². The van der Waals surface area contributed by atoms with Gasteiger partial charge in [0.1, 0.15) is 6.29 Å². The molecule has 0 aromatic heterocycles. The molecule has 0 unspecified atom stereocenters. The van der Waals surface area contributed by atoms with E-state index < -0.39 is 4.92 Å². The van der Waals surface area contributed by atoms with Crippen LogP contribution in [0, 0.1) is 10.1 Å². The predicted octanol–water partition coefficient (Wildman–Crippen LogP) is 4.06. The van der Waals surface area contributed by atoms with Gasteiger partial charge in [0.25, 0.3) is 5.69 Å². The molecule has 5 heteroatoms. The molecule has 0 N–H and O–H groups in total. The summed E-state index contributed by atoms with van der Waals surface area (Å²) in [6.45, 7) is 0. The Morgan fingerprint density at radius 3 is 2.04 bits per heavy atom. The van der Waals surface area contributed by atoms with Crippen molar-refractivity contribution in [2.45, 2.75) is 0 Å².